The van der Waals surface area contributed by atoms with Crippen LogP contribution >= 0.6 is 0 Å². The van der Waals surface area contributed by atoms with Crippen LogP contribution in [-0.2, 0) is 0 Å². The predicted molar refractivity (Wildman–Crippen MR) is 104 cm³/mol. The Labute approximate surface area is 156 Å². The van der Waals surface area contributed by atoms with Gasteiger partial charge in [0.15, 0.2) is 0 Å². The quantitative estimate of drug-likeness (QED) is 0.739. The van der Waals surface area contributed by atoms with E-state index in [0.29, 0.717) is 17.0 Å². The molecule has 0 saturated carbocycles. The number of aromatic amines is 1. The molecule has 3 heterocycles. The summed E-state index contributed by atoms with van der Waals surface area (Å²) in [5.74, 6) is 0.547. The Morgan fingerprint density at radius 1 is 1.11 bits per heavy atom. The molecule has 1 aliphatic heterocycles. The number of hydrogen-bond donors (Lipinski definition) is 1. The van der Waals surface area contributed by atoms with E-state index in [9.17, 15) is 9.59 Å². The van der Waals surface area contributed by atoms with Crippen molar-refractivity contribution in [1.29, 1.82) is 0 Å². The van der Waals surface area contributed by atoms with Crippen molar-refractivity contribution in [3.63, 3.8) is 0 Å². The van der Waals surface area contributed by atoms with E-state index in [1.807, 2.05) is 25.1 Å². The summed E-state index contributed by atoms with van der Waals surface area (Å²) in [5, 5.41) is 5.69. The molecule has 2 aromatic heterocycles. The minimum Gasteiger partial charge on any atom is -0.340 e. The van der Waals surface area contributed by atoms with Crippen molar-refractivity contribution in [2.75, 3.05) is 38.1 Å². The van der Waals surface area contributed by atoms with Crippen molar-refractivity contribution in [2.24, 2.45) is 0 Å². The molecule has 0 amide bonds. The topological polar surface area (TPSA) is 87.1 Å². The molecule has 0 spiro atoms. The average molecular weight is 366 g/mol. The van der Waals surface area contributed by atoms with Crippen molar-refractivity contribution >= 4 is 16.7 Å². The summed E-state index contributed by atoms with van der Waals surface area (Å²) < 4.78 is 1.39. The van der Waals surface area contributed by atoms with Crippen molar-refractivity contribution < 1.29 is 0 Å². The van der Waals surface area contributed by atoms with Gasteiger partial charge < -0.3 is 9.80 Å². The number of anilines is 1. The number of likely N-dealkylation sites (N-methyl/N-ethyl adjacent to an activating group) is 1. The third kappa shape index (κ3) is 3.35. The zero-order valence-electron chi connectivity index (χ0n) is 15.4. The van der Waals surface area contributed by atoms with E-state index in [4.69, 9.17) is 0 Å². The zero-order chi connectivity index (χ0) is 19.0. The Kier molecular flexibility index (Phi) is 4.49. The summed E-state index contributed by atoms with van der Waals surface area (Å²) in [7, 11) is 2.07. The van der Waals surface area contributed by atoms with Gasteiger partial charge in [0, 0.05) is 37.6 Å². The van der Waals surface area contributed by atoms with Crippen LogP contribution in [0, 0.1) is 0 Å². The Bertz CT molecular complexity index is 1080. The fourth-order valence-corrected chi connectivity index (χ4v) is 3.35. The molecule has 1 N–H and O–H groups in total. The van der Waals surface area contributed by atoms with Crippen LogP contribution in [0.2, 0.25) is 0 Å². The second kappa shape index (κ2) is 6.96. The van der Waals surface area contributed by atoms with Crippen LogP contribution in [0.4, 0.5) is 5.95 Å². The van der Waals surface area contributed by atoms with Gasteiger partial charge in [0.1, 0.15) is 0 Å². The number of aromatic nitrogens is 4. The van der Waals surface area contributed by atoms with E-state index in [1.54, 1.807) is 12.3 Å². The molecule has 1 saturated heterocycles. The average Bonchev–Trinajstić information content (AvgIpc) is 2.68. The first-order chi connectivity index (χ1) is 13.0. The summed E-state index contributed by atoms with van der Waals surface area (Å²) in [5.41, 5.74) is 0.107. The van der Waals surface area contributed by atoms with Gasteiger partial charge in [-0.05, 0) is 20.0 Å². The Hall–Kier alpha value is -3.00. The summed E-state index contributed by atoms with van der Waals surface area (Å²) in [6.07, 6.45) is 1.67. The number of benzene rings is 1. The third-order valence-electron chi connectivity index (χ3n) is 5.07. The molecular weight excluding hydrogens is 344 g/mol. The summed E-state index contributed by atoms with van der Waals surface area (Å²) >= 11 is 0. The predicted octanol–water partition coefficient (Wildman–Crippen LogP) is 0.841. The maximum Gasteiger partial charge on any atom is 0.275 e. The van der Waals surface area contributed by atoms with Crippen LogP contribution in [0.15, 0.2) is 46.1 Å². The van der Waals surface area contributed by atoms with Crippen molar-refractivity contribution in [1.82, 2.24) is 24.6 Å². The highest BCUT2D eigenvalue weighted by atomic mass is 16.1. The van der Waals surface area contributed by atoms with Gasteiger partial charge in [0.2, 0.25) is 5.95 Å². The first-order valence-electron chi connectivity index (χ1n) is 9.04. The fourth-order valence-electron chi connectivity index (χ4n) is 3.35. The number of rotatable bonds is 3. The third-order valence-corrected chi connectivity index (χ3v) is 5.07. The number of fused-ring (bicyclic) bond motifs is 1. The van der Waals surface area contributed by atoms with Crippen LogP contribution in [0.1, 0.15) is 18.7 Å². The van der Waals surface area contributed by atoms with Gasteiger partial charge in [-0.15, -0.1) is 0 Å². The molecule has 8 nitrogen and oxygen atoms in total. The number of nitrogens with zero attached hydrogens (tertiary/aromatic N) is 5. The molecule has 4 rings (SSSR count). The normalized spacial score (nSPS) is 16.6. The zero-order valence-corrected chi connectivity index (χ0v) is 15.4. The molecule has 0 unspecified atom stereocenters. The molecule has 1 aliphatic rings. The molecular formula is C19H22N6O2. The maximum atomic E-state index is 12.8. The highest BCUT2D eigenvalue weighted by Crippen LogP contribution is 2.16. The van der Waals surface area contributed by atoms with Crippen LogP contribution in [0.25, 0.3) is 10.8 Å². The summed E-state index contributed by atoms with van der Waals surface area (Å²) in [4.78, 5) is 36.8. The van der Waals surface area contributed by atoms with E-state index in [2.05, 4.69) is 31.9 Å². The van der Waals surface area contributed by atoms with Crippen LogP contribution in [0.3, 0.4) is 0 Å². The molecule has 1 aromatic carbocycles. The van der Waals surface area contributed by atoms with Crippen LogP contribution < -0.4 is 16.0 Å². The molecule has 3 aromatic rings. The van der Waals surface area contributed by atoms with Crippen molar-refractivity contribution in [3.05, 3.63) is 62.9 Å². The maximum absolute atomic E-state index is 12.8. The van der Waals surface area contributed by atoms with Gasteiger partial charge in [0.25, 0.3) is 11.1 Å². The molecule has 0 bridgehead atoms. The molecule has 27 heavy (non-hydrogen) atoms. The Morgan fingerprint density at radius 3 is 2.63 bits per heavy atom. The van der Waals surface area contributed by atoms with Gasteiger partial charge in [-0.1, -0.05) is 18.2 Å². The minimum atomic E-state index is -0.448. The Morgan fingerprint density at radius 2 is 1.85 bits per heavy atom. The lowest BCUT2D eigenvalue weighted by molar-refractivity contribution is 0.311. The fraction of sp³-hybridized carbons (Fsp3) is 0.368. The molecule has 0 aliphatic carbocycles. The van der Waals surface area contributed by atoms with Gasteiger partial charge >= 0.3 is 0 Å². The highest BCUT2D eigenvalue weighted by molar-refractivity contribution is 5.80. The SMILES string of the molecule is C[C@@H](c1cc(=O)[nH]c(N2CCN(C)CC2)n1)n1ncc2ccccc2c1=O. The van der Waals surface area contributed by atoms with Gasteiger partial charge in [-0.25, -0.2) is 9.67 Å². The molecule has 140 valence electrons. The number of hydrogen-bond acceptors (Lipinski definition) is 6. The van der Waals surface area contributed by atoms with Gasteiger partial charge in [-0.2, -0.15) is 5.10 Å². The standard InChI is InChI=1S/C19H22N6O2/c1-13(25-18(27)15-6-4-3-5-14(15)12-20-25)16-11-17(26)22-19(21-16)24-9-7-23(2)8-10-24/h3-6,11-13H,7-10H2,1-2H3,(H,21,22,26)/t13-/m0/s1. The highest BCUT2D eigenvalue weighted by Gasteiger charge is 2.20. The van der Waals surface area contributed by atoms with E-state index in [1.165, 1.54) is 10.7 Å². The van der Waals surface area contributed by atoms with E-state index < -0.39 is 6.04 Å². The first kappa shape index (κ1) is 17.4. The van der Waals surface area contributed by atoms with Crippen LogP contribution in [0.5, 0.6) is 0 Å². The smallest absolute Gasteiger partial charge is 0.275 e. The number of piperazine rings is 1. The van der Waals surface area contributed by atoms with Gasteiger partial charge in [0.05, 0.1) is 23.3 Å². The lowest BCUT2D eigenvalue weighted by Crippen LogP contribution is -2.45. The van der Waals surface area contributed by atoms with Crippen molar-refractivity contribution in [2.45, 2.75) is 13.0 Å². The Balaban J connectivity index is 1.72. The van der Waals surface area contributed by atoms with E-state index >= 15 is 0 Å². The lowest BCUT2D eigenvalue weighted by atomic mass is 10.2. The van der Waals surface area contributed by atoms with E-state index in [-0.39, 0.29) is 11.1 Å². The molecule has 1 atom stereocenters. The minimum absolute atomic E-state index is 0.191. The molecule has 1 fully saturated rings. The molecule has 8 heteroatoms. The second-order valence-corrected chi connectivity index (χ2v) is 6.94. The lowest BCUT2D eigenvalue weighted by Gasteiger charge is -2.32. The summed E-state index contributed by atoms with van der Waals surface area (Å²) in [6, 6.07) is 8.33. The van der Waals surface area contributed by atoms with Gasteiger partial charge in [-0.3, -0.25) is 14.6 Å². The first-order valence-corrected chi connectivity index (χ1v) is 9.04. The van der Waals surface area contributed by atoms with E-state index in [0.717, 1.165) is 31.6 Å². The monoisotopic (exact) mass is 366 g/mol. The molecule has 0 radical (unpaired) electrons. The largest absolute Gasteiger partial charge is 0.340 e. The summed E-state index contributed by atoms with van der Waals surface area (Å²) in [6.45, 7) is 5.25. The number of H-pyrrole nitrogens is 1. The van der Waals surface area contributed by atoms with Crippen LogP contribution in [-0.4, -0.2) is 57.9 Å². The second-order valence-electron chi connectivity index (χ2n) is 6.94. The number of nitrogens with one attached hydrogen (secondary N) is 1. The van der Waals surface area contributed by atoms with Crippen molar-refractivity contribution in [3.8, 4) is 0 Å².